The number of anilines is 1. The first-order chi connectivity index (χ1) is 11.3. The van der Waals surface area contributed by atoms with Crippen LogP contribution in [0.2, 0.25) is 0 Å². The molecular formula is C19H16N2O2. The smallest absolute Gasteiger partial charge is 0.255 e. The van der Waals surface area contributed by atoms with E-state index < -0.39 is 0 Å². The summed E-state index contributed by atoms with van der Waals surface area (Å²) in [6.07, 6.45) is 3.37. The van der Waals surface area contributed by atoms with Crippen LogP contribution in [0.4, 0.5) is 5.69 Å². The van der Waals surface area contributed by atoms with Crippen molar-refractivity contribution in [3.8, 4) is 5.75 Å². The zero-order valence-electron chi connectivity index (χ0n) is 12.5. The van der Waals surface area contributed by atoms with E-state index in [0.717, 1.165) is 11.3 Å². The summed E-state index contributed by atoms with van der Waals surface area (Å²) in [7, 11) is 0. The van der Waals surface area contributed by atoms with Gasteiger partial charge in [0.2, 0.25) is 0 Å². The largest absolute Gasteiger partial charge is 0.487 e. The predicted molar refractivity (Wildman–Crippen MR) is 89.4 cm³/mol. The SMILES string of the molecule is O=C(Nc1cccc(COc2cccnc2)c1)c1ccccc1. The summed E-state index contributed by atoms with van der Waals surface area (Å²) in [5.74, 6) is 0.585. The molecule has 23 heavy (non-hydrogen) atoms. The van der Waals surface area contributed by atoms with Crippen LogP contribution in [0.15, 0.2) is 79.1 Å². The van der Waals surface area contributed by atoms with Gasteiger partial charge in [-0.15, -0.1) is 0 Å². The quantitative estimate of drug-likeness (QED) is 0.777. The highest BCUT2D eigenvalue weighted by Gasteiger charge is 2.05. The van der Waals surface area contributed by atoms with Gasteiger partial charge in [0.25, 0.3) is 5.91 Å². The fraction of sp³-hybridized carbons (Fsp3) is 0.0526. The van der Waals surface area contributed by atoms with Gasteiger partial charge in [-0.1, -0.05) is 30.3 Å². The van der Waals surface area contributed by atoms with Crippen molar-refractivity contribution in [1.82, 2.24) is 4.98 Å². The van der Waals surface area contributed by atoms with E-state index in [1.807, 2.05) is 54.6 Å². The molecule has 0 unspecified atom stereocenters. The van der Waals surface area contributed by atoms with Crippen molar-refractivity contribution in [3.63, 3.8) is 0 Å². The molecule has 0 spiro atoms. The molecule has 0 radical (unpaired) electrons. The minimum Gasteiger partial charge on any atom is -0.487 e. The maximum Gasteiger partial charge on any atom is 0.255 e. The monoisotopic (exact) mass is 304 g/mol. The first-order valence-electron chi connectivity index (χ1n) is 7.29. The number of pyridine rings is 1. The van der Waals surface area contributed by atoms with E-state index >= 15 is 0 Å². The Morgan fingerprint density at radius 3 is 2.65 bits per heavy atom. The molecule has 0 aliphatic rings. The minimum atomic E-state index is -0.129. The highest BCUT2D eigenvalue weighted by atomic mass is 16.5. The second-order valence-electron chi connectivity index (χ2n) is 5.00. The molecule has 0 bridgehead atoms. The Bertz CT molecular complexity index is 774. The Balaban J connectivity index is 1.64. The molecule has 1 amide bonds. The first-order valence-corrected chi connectivity index (χ1v) is 7.29. The fourth-order valence-electron chi connectivity index (χ4n) is 2.13. The van der Waals surface area contributed by atoms with Gasteiger partial charge < -0.3 is 10.1 Å². The molecule has 1 N–H and O–H groups in total. The summed E-state index contributed by atoms with van der Waals surface area (Å²) >= 11 is 0. The van der Waals surface area contributed by atoms with Crippen LogP contribution in [0.3, 0.4) is 0 Å². The lowest BCUT2D eigenvalue weighted by Crippen LogP contribution is -2.11. The zero-order valence-corrected chi connectivity index (χ0v) is 12.5. The number of carbonyl (C=O) groups excluding carboxylic acids is 1. The van der Waals surface area contributed by atoms with E-state index in [1.54, 1.807) is 24.5 Å². The summed E-state index contributed by atoms with van der Waals surface area (Å²) in [5.41, 5.74) is 2.34. The molecule has 4 nitrogen and oxygen atoms in total. The van der Waals surface area contributed by atoms with Crippen molar-refractivity contribution in [1.29, 1.82) is 0 Å². The average Bonchev–Trinajstić information content (AvgIpc) is 2.62. The van der Waals surface area contributed by atoms with Gasteiger partial charge in [-0.25, -0.2) is 0 Å². The number of hydrogen-bond donors (Lipinski definition) is 1. The van der Waals surface area contributed by atoms with Crippen LogP contribution in [0.25, 0.3) is 0 Å². The Morgan fingerprint density at radius 1 is 1.00 bits per heavy atom. The second-order valence-corrected chi connectivity index (χ2v) is 5.00. The normalized spacial score (nSPS) is 10.1. The second kappa shape index (κ2) is 7.22. The van der Waals surface area contributed by atoms with E-state index in [4.69, 9.17) is 4.74 Å². The molecule has 0 atom stereocenters. The van der Waals surface area contributed by atoms with Gasteiger partial charge in [0.15, 0.2) is 0 Å². The fourth-order valence-corrected chi connectivity index (χ4v) is 2.13. The van der Waals surface area contributed by atoms with Crippen molar-refractivity contribution in [2.45, 2.75) is 6.61 Å². The highest BCUT2D eigenvalue weighted by molar-refractivity contribution is 6.04. The molecule has 0 fully saturated rings. The number of amides is 1. The average molecular weight is 304 g/mol. The van der Waals surface area contributed by atoms with Crippen molar-refractivity contribution < 1.29 is 9.53 Å². The topological polar surface area (TPSA) is 51.2 Å². The molecule has 1 aromatic heterocycles. The number of rotatable bonds is 5. The number of hydrogen-bond acceptors (Lipinski definition) is 3. The van der Waals surface area contributed by atoms with Crippen LogP contribution in [-0.4, -0.2) is 10.9 Å². The van der Waals surface area contributed by atoms with E-state index in [-0.39, 0.29) is 5.91 Å². The lowest BCUT2D eigenvalue weighted by atomic mass is 10.2. The summed E-state index contributed by atoms with van der Waals surface area (Å²) in [6, 6.07) is 20.4. The lowest BCUT2D eigenvalue weighted by Gasteiger charge is -2.09. The van der Waals surface area contributed by atoms with Crippen LogP contribution in [0.5, 0.6) is 5.75 Å². The van der Waals surface area contributed by atoms with Crippen molar-refractivity contribution >= 4 is 11.6 Å². The molecule has 3 rings (SSSR count). The van der Waals surface area contributed by atoms with Crippen LogP contribution in [0.1, 0.15) is 15.9 Å². The van der Waals surface area contributed by atoms with Gasteiger partial charge in [-0.3, -0.25) is 9.78 Å². The zero-order chi connectivity index (χ0) is 15.9. The van der Waals surface area contributed by atoms with Crippen LogP contribution in [-0.2, 0) is 6.61 Å². The number of aromatic nitrogens is 1. The Morgan fingerprint density at radius 2 is 1.87 bits per heavy atom. The third kappa shape index (κ3) is 4.17. The Labute approximate surface area is 134 Å². The van der Waals surface area contributed by atoms with Gasteiger partial charge >= 0.3 is 0 Å². The maximum atomic E-state index is 12.2. The number of nitrogens with one attached hydrogen (secondary N) is 1. The van der Waals surface area contributed by atoms with Crippen molar-refractivity contribution in [2.24, 2.45) is 0 Å². The van der Waals surface area contributed by atoms with Crippen LogP contribution in [0, 0.1) is 0 Å². The van der Waals surface area contributed by atoms with Crippen molar-refractivity contribution in [2.75, 3.05) is 5.32 Å². The van der Waals surface area contributed by atoms with Gasteiger partial charge in [0, 0.05) is 17.4 Å². The number of ether oxygens (including phenoxy) is 1. The molecule has 1 heterocycles. The molecule has 114 valence electrons. The van der Waals surface area contributed by atoms with E-state index in [9.17, 15) is 4.79 Å². The highest BCUT2D eigenvalue weighted by Crippen LogP contribution is 2.15. The number of benzene rings is 2. The summed E-state index contributed by atoms with van der Waals surface area (Å²) in [6.45, 7) is 0.417. The van der Waals surface area contributed by atoms with E-state index in [0.29, 0.717) is 17.9 Å². The maximum absolute atomic E-state index is 12.2. The molecule has 0 saturated heterocycles. The van der Waals surface area contributed by atoms with Gasteiger partial charge in [-0.2, -0.15) is 0 Å². The number of nitrogens with zero attached hydrogens (tertiary/aromatic N) is 1. The third-order valence-electron chi connectivity index (χ3n) is 3.26. The van der Waals surface area contributed by atoms with Gasteiger partial charge in [-0.05, 0) is 42.0 Å². The summed E-state index contributed by atoms with van der Waals surface area (Å²) in [5, 5.41) is 2.89. The van der Waals surface area contributed by atoms with Crippen LogP contribution >= 0.6 is 0 Å². The number of carbonyl (C=O) groups is 1. The molecular weight excluding hydrogens is 288 g/mol. The standard InChI is InChI=1S/C19H16N2O2/c22-19(16-7-2-1-3-8-16)21-17-9-4-6-15(12-17)14-23-18-10-5-11-20-13-18/h1-13H,14H2,(H,21,22). The van der Waals surface area contributed by atoms with Gasteiger partial charge in [0.05, 0.1) is 6.20 Å². The molecule has 2 aromatic carbocycles. The first kappa shape index (κ1) is 14.8. The molecule has 0 saturated carbocycles. The third-order valence-corrected chi connectivity index (χ3v) is 3.26. The Hall–Kier alpha value is -3.14. The van der Waals surface area contributed by atoms with Gasteiger partial charge in [0.1, 0.15) is 12.4 Å². The molecule has 0 aliphatic heterocycles. The predicted octanol–water partition coefficient (Wildman–Crippen LogP) is 3.91. The van der Waals surface area contributed by atoms with E-state index in [1.165, 1.54) is 0 Å². The van der Waals surface area contributed by atoms with E-state index in [2.05, 4.69) is 10.3 Å². The van der Waals surface area contributed by atoms with Crippen LogP contribution < -0.4 is 10.1 Å². The minimum absolute atomic E-state index is 0.129. The summed E-state index contributed by atoms with van der Waals surface area (Å²) < 4.78 is 5.66. The molecule has 4 heteroatoms. The molecule has 0 aliphatic carbocycles. The molecule has 3 aromatic rings. The summed E-state index contributed by atoms with van der Waals surface area (Å²) in [4.78, 5) is 16.2. The lowest BCUT2D eigenvalue weighted by molar-refractivity contribution is 0.102. The Kier molecular flexibility index (Phi) is 4.64. The van der Waals surface area contributed by atoms with Crippen molar-refractivity contribution in [3.05, 3.63) is 90.3 Å².